The summed E-state index contributed by atoms with van der Waals surface area (Å²) in [6.45, 7) is 11.5. The fraction of sp³-hybridized carbons (Fsp3) is 0.938. The van der Waals surface area contributed by atoms with Crippen molar-refractivity contribution in [2.75, 3.05) is 6.54 Å². The number of amides is 1. The molecule has 2 N–H and O–H groups in total. The van der Waals surface area contributed by atoms with Gasteiger partial charge in [0.25, 0.3) is 0 Å². The third-order valence-electron chi connectivity index (χ3n) is 3.80. The number of carbonyl (C=O) groups is 1. The predicted octanol–water partition coefficient (Wildman–Crippen LogP) is 3.10. The predicted molar refractivity (Wildman–Crippen MR) is 81.1 cm³/mol. The Bertz CT molecular complexity index is 281. The summed E-state index contributed by atoms with van der Waals surface area (Å²) in [5.41, 5.74) is -0.276. The fourth-order valence-corrected chi connectivity index (χ4v) is 2.45. The average Bonchev–Trinajstić information content (AvgIpc) is 2.50. The van der Waals surface area contributed by atoms with Crippen molar-refractivity contribution in [1.29, 1.82) is 0 Å². The van der Waals surface area contributed by atoms with Crippen LogP contribution in [0.4, 0.5) is 0 Å². The lowest BCUT2D eigenvalue weighted by Gasteiger charge is -2.23. The first kappa shape index (κ1) is 16.5. The summed E-state index contributed by atoms with van der Waals surface area (Å²) in [6.07, 6.45) is 5.88. The van der Waals surface area contributed by atoms with Gasteiger partial charge in [-0.05, 0) is 44.6 Å². The molecular weight excluding hydrogens is 236 g/mol. The van der Waals surface area contributed by atoms with Crippen molar-refractivity contribution in [3.05, 3.63) is 0 Å². The zero-order valence-corrected chi connectivity index (χ0v) is 13.4. The highest BCUT2D eigenvalue weighted by Gasteiger charge is 2.25. The number of rotatable bonds is 4. The standard InChI is InChI=1S/C16H32N2O/c1-12(2)11-17-13-7-6-8-14(10-9-13)18-15(19)16(3,4)5/h12-14,17H,6-11H2,1-5H3,(H,18,19). The third kappa shape index (κ3) is 6.42. The molecule has 112 valence electrons. The van der Waals surface area contributed by atoms with Crippen LogP contribution in [0.5, 0.6) is 0 Å². The summed E-state index contributed by atoms with van der Waals surface area (Å²) in [4.78, 5) is 12.0. The van der Waals surface area contributed by atoms with Crippen LogP contribution in [-0.4, -0.2) is 24.5 Å². The van der Waals surface area contributed by atoms with E-state index in [1.54, 1.807) is 0 Å². The van der Waals surface area contributed by atoms with Gasteiger partial charge in [0.1, 0.15) is 0 Å². The van der Waals surface area contributed by atoms with Gasteiger partial charge >= 0.3 is 0 Å². The van der Waals surface area contributed by atoms with Crippen LogP contribution < -0.4 is 10.6 Å². The Morgan fingerprint density at radius 1 is 1.11 bits per heavy atom. The number of nitrogens with one attached hydrogen (secondary N) is 2. The molecule has 0 radical (unpaired) electrons. The molecule has 1 aliphatic rings. The minimum Gasteiger partial charge on any atom is -0.353 e. The Hall–Kier alpha value is -0.570. The molecule has 2 atom stereocenters. The van der Waals surface area contributed by atoms with E-state index in [1.165, 1.54) is 19.3 Å². The molecule has 2 unspecified atom stereocenters. The van der Waals surface area contributed by atoms with Crippen molar-refractivity contribution in [3.8, 4) is 0 Å². The second kappa shape index (κ2) is 7.28. The lowest BCUT2D eigenvalue weighted by atomic mass is 9.94. The van der Waals surface area contributed by atoms with E-state index in [9.17, 15) is 4.79 Å². The molecule has 0 aromatic heterocycles. The van der Waals surface area contributed by atoms with E-state index in [4.69, 9.17) is 0 Å². The van der Waals surface area contributed by atoms with Crippen molar-refractivity contribution in [2.24, 2.45) is 11.3 Å². The van der Waals surface area contributed by atoms with Gasteiger partial charge in [-0.15, -0.1) is 0 Å². The molecule has 3 heteroatoms. The van der Waals surface area contributed by atoms with Crippen molar-refractivity contribution < 1.29 is 4.79 Å². The number of hydrogen-bond donors (Lipinski definition) is 2. The van der Waals surface area contributed by atoms with Crippen LogP contribution in [-0.2, 0) is 4.79 Å². The molecule has 3 nitrogen and oxygen atoms in total. The fourth-order valence-electron chi connectivity index (χ4n) is 2.45. The van der Waals surface area contributed by atoms with Gasteiger partial charge in [-0.2, -0.15) is 0 Å². The van der Waals surface area contributed by atoms with E-state index in [0.717, 1.165) is 19.4 Å². The van der Waals surface area contributed by atoms with Gasteiger partial charge in [0.2, 0.25) is 5.91 Å². The van der Waals surface area contributed by atoms with Crippen molar-refractivity contribution in [2.45, 2.75) is 78.8 Å². The molecule has 19 heavy (non-hydrogen) atoms. The molecule has 1 amide bonds. The van der Waals surface area contributed by atoms with E-state index in [2.05, 4.69) is 24.5 Å². The molecule has 0 saturated heterocycles. The van der Waals surface area contributed by atoms with Crippen LogP contribution in [0.1, 0.15) is 66.7 Å². The SMILES string of the molecule is CC(C)CNC1CCCC(NC(=O)C(C)(C)C)CC1. The van der Waals surface area contributed by atoms with Gasteiger partial charge in [-0.1, -0.05) is 34.6 Å². The van der Waals surface area contributed by atoms with Gasteiger partial charge < -0.3 is 10.6 Å². The first-order valence-electron chi connectivity index (χ1n) is 7.83. The van der Waals surface area contributed by atoms with Crippen molar-refractivity contribution in [3.63, 3.8) is 0 Å². The van der Waals surface area contributed by atoms with Gasteiger partial charge in [0.05, 0.1) is 0 Å². The molecule has 1 saturated carbocycles. The first-order chi connectivity index (χ1) is 8.79. The summed E-state index contributed by atoms with van der Waals surface area (Å²) in [7, 11) is 0. The summed E-state index contributed by atoms with van der Waals surface area (Å²) in [5, 5.41) is 6.87. The Kier molecular flexibility index (Phi) is 6.31. The lowest BCUT2D eigenvalue weighted by Crippen LogP contribution is -2.41. The molecule has 1 aliphatic carbocycles. The lowest BCUT2D eigenvalue weighted by molar-refractivity contribution is -0.129. The average molecular weight is 268 g/mol. The van der Waals surface area contributed by atoms with Gasteiger partial charge in [-0.25, -0.2) is 0 Å². The topological polar surface area (TPSA) is 41.1 Å². The summed E-state index contributed by atoms with van der Waals surface area (Å²) >= 11 is 0. The van der Waals surface area contributed by atoms with Crippen LogP contribution in [0.15, 0.2) is 0 Å². The van der Waals surface area contributed by atoms with Crippen LogP contribution in [0.2, 0.25) is 0 Å². The maximum absolute atomic E-state index is 12.0. The summed E-state index contributed by atoms with van der Waals surface area (Å²) in [6, 6.07) is 1.01. The molecule has 0 aromatic carbocycles. The summed E-state index contributed by atoms with van der Waals surface area (Å²) in [5.74, 6) is 0.894. The number of hydrogen-bond acceptors (Lipinski definition) is 2. The van der Waals surface area contributed by atoms with E-state index in [0.29, 0.717) is 18.0 Å². The van der Waals surface area contributed by atoms with Crippen molar-refractivity contribution in [1.82, 2.24) is 10.6 Å². The maximum atomic E-state index is 12.0. The minimum atomic E-state index is -0.276. The van der Waals surface area contributed by atoms with Crippen molar-refractivity contribution >= 4 is 5.91 Å². The Labute approximate surface area is 118 Å². The highest BCUT2D eigenvalue weighted by Crippen LogP contribution is 2.20. The normalized spacial score (nSPS) is 25.2. The van der Waals surface area contributed by atoms with Gasteiger partial charge in [0.15, 0.2) is 0 Å². The Morgan fingerprint density at radius 2 is 1.68 bits per heavy atom. The first-order valence-corrected chi connectivity index (χ1v) is 7.83. The smallest absolute Gasteiger partial charge is 0.225 e. The summed E-state index contributed by atoms with van der Waals surface area (Å²) < 4.78 is 0. The molecule has 1 fully saturated rings. The third-order valence-corrected chi connectivity index (χ3v) is 3.80. The maximum Gasteiger partial charge on any atom is 0.225 e. The molecule has 0 aliphatic heterocycles. The quantitative estimate of drug-likeness (QED) is 0.769. The zero-order valence-electron chi connectivity index (χ0n) is 13.4. The van der Waals surface area contributed by atoms with Gasteiger partial charge in [0, 0.05) is 17.5 Å². The zero-order chi connectivity index (χ0) is 14.5. The molecule has 0 bridgehead atoms. The van der Waals surface area contributed by atoms with Crippen LogP contribution in [0, 0.1) is 11.3 Å². The minimum absolute atomic E-state index is 0.186. The largest absolute Gasteiger partial charge is 0.353 e. The second-order valence-corrected chi connectivity index (χ2v) is 7.43. The molecule has 1 rings (SSSR count). The molecule has 0 aromatic rings. The molecule has 0 heterocycles. The molecular formula is C16H32N2O. The highest BCUT2D eigenvalue weighted by molar-refractivity contribution is 5.81. The highest BCUT2D eigenvalue weighted by atomic mass is 16.2. The van der Waals surface area contributed by atoms with E-state index in [1.807, 2.05) is 20.8 Å². The molecule has 0 spiro atoms. The van der Waals surface area contributed by atoms with Gasteiger partial charge in [-0.3, -0.25) is 4.79 Å². The number of carbonyl (C=O) groups excluding carboxylic acids is 1. The van der Waals surface area contributed by atoms with E-state index in [-0.39, 0.29) is 11.3 Å². The Balaban J connectivity index is 2.35. The van der Waals surface area contributed by atoms with E-state index < -0.39 is 0 Å². The van der Waals surface area contributed by atoms with Crippen LogP contribution in [0.25, 0.3) is 0 Å². The van der Waals surface area contributed by atoms with Crippen LogP contribution >= 0.6 is 0 Å². The van der Waals surface area contributed by atoms with Crippen LogP contribution in [0.3, 0.4) is 0 Å². The second-order valence-electron chi connectivity index (χ2n) is 7.43. The van der Waals surface area contributed by atoms with E-state index >= 15 is 0 Å². The Morgan fingerprint density at radius 3 is 2.26 bits per heavy atom. The monoisotopic (exact) mass is 268 g/mol.